The summed E-state index contributed by atoms with van der Waals surface area (Å²) in [6.07, 6.45) is 0. The number of likely N-dealkylation sites (N-methyl/N-ethyl adjacent to an activating group) is 1. The maximum Gasteiger partial charge on any atom is 0.0198 e. The van der Waals surface area contributed by atoms with Crippen LogP contribution in [-0.2, 0) is 0 Å². The molecule has 0 unspecified atom stereocenters. The SMILES string of the molecule is CC(C)N1C[C@H](C)N(C)C[C@@H]1C. The molecule has 0 amide bonds. The van der Waals surface area contributed by atoms with Gasteiger partial charge < -0.3 is 4.90 Å². The summed E-state index contributed by atoms with van der Waals surface area (Å²) in [6, 6.07) is 2.12. The number of hydrogen-bond acceptors (Lipinski definition) is 2. The van der Waals surface area contributed by atoms with Crippen molar-refractivity contribution in [2.45, 2.75) is 45.8 Å². The first-order chi connectivity index (χ1) is 5.52. The van der Waals surface area contributed by atoms with Crippen LogP contribution in [0.3, 0.4) is 0 Å². The highest BCUT2D eigenvalue weighted by molar-refractivity contribution is 4.84. The third kappa shape index (κ3) is 1.99. The summed E-state index contributed by atoms with van der Waals surface area (Å²) < 4.78 is 0. The summed E-state index contributed by atoms with van der Waals surface area (Å²) >= 11 is 0. The number of nitrogens with zero attached hydrogens (tertiary/aromatic N) is 2. The molecule has 72 valence electrons. The number of hydrogen-bond donors (Lipinski definition) is 0. The van der Waals surface area contributed by atoms with Gasteiger partial charge in [-0.05, 0) is 34.7 Å². The first-order valence-corrected chi connectivity index (χ1v) is 4.98. The van der Waals surface area contributed by atoms with E-state index in [9.17, 15) is 0 Å². The van der Waals surface area contributed by atoms with Crippen LogP contribution in [0.2, 0.25) is 0 Å². The lowest BCUT2D eigenvalue weighted by atomic mass is 10.1. The zero-order valence-electron chi connectivity index (χ0n) is 9.04. The molecular formula is C10H22N2. The van der Waals surface area contributed by atoms with Crippen molar-refractivity contribution in [3.05, 3.63) is 0 Å². The molecule has 0 aliphatic carbocycles. The zero-order valence-corrected chi connectivity index (χ0v) is 9.04. The standard InChI is InChI=1S/C10H22N2/c1-8(2)12-7-9(3)11(5)6-10(12)4/h8-10H,6-7H2,1-5H3/t9-,10-/m0/s1. The van der Waals surface area contributed by atoms with E-state index >= 15 is 0 Å². The molecule has 0 N–H and O–H groups in total. The van der Waals surface area contributed by atoms with Crippen LogP contribution in [0.1, 0.15) is 27.7 Å². The summed E-state index contributed by atoms with van der Waals surface area (Å²) in [6.45, 7) is 11.6. The van der Waals surface area contributed by atoms with Gasteiger partial charge in [-0.1, -0.05) is 0 Å². The molecule has 0 aromatic rings. The zero-order chi connectivity index (χ0) is 9.30. The fourth-order valence-corrected chi connectivity index (χ4v) is 2.05. The van der Waals surface area contributed by atoms with Gasteiger partial charge in [0.2, 0.25) is 0 Å². The van der Waals surface area contributed by atoms with Gasteiger partial charge in [0.25, 0.3) is 0 Å². The lowest BCUT2D eigenvalue weighted by molar-refractivity contribution is 0.0387. The van der Waals surface area contributed by atoms with Crippen molar-refractivity contribution in [3.8, 4) is 0 Å². The molecular weight excluding hydrogens is 148 g/mol. The van der Waals surface area contributed by atoms with Crippen LogP contribution in [0.15, 0.2) is 0 Å². The van der Waals surface area contributed by atoms with Crippen LogP contribution in [0.5, 0.6) is 0 Å². The van der Waals surface area contributed by atoms with Crippen LogP contribution in [0.25, 0.3) is 0 Å². The highest BCUT2D eigenvalue weighted by Gasteiger charge is 2.27. The van der Waals surface area contributed by atoms with Crippen molar-refractivity contribution in [1.82, 2.24) is 9.80 Å². The molecule has 2 nitrogen and oxygen atoms in total. The largest absolute Gasteiger partial charge is 0.301 e. The summed E-state index contributed by atoms with van der Waals surface area (Å²) in [5, 5.41) is 0. The van der Waals surface area contributed by atoms with Crippen molar-refractivity contribution in [3.63, 3.8) is 0 Å². The molecule has 0 aromatic carbocycles. The van der Waals surface area contributed by atoms with Crippen LogP contribution < -0.4 is 0 Å². The topological polar surface area (TPSA) is 6.48 Å². The fraction of sp³-hybridized carbons (Fsp3) is 1.00. The Morgan fingerprint density at radius 2 is 1.67 bits per heavy atom. The Bertz CT molecular complexity index is 145. The van der Waals surface area contributed by atoms with E-state index in [4.69, 9.17) is 0 Å². The first-order valence-electron chi connectivity index (χ1n) is 4.98. The van der Waals surface area contributed by atoms with E-state index in [1.807, 2.05) is 0 Å². The molecule has 1 aliphatic heterocycles. The maximum atomic E-state index is 2.59. The van der Waals surface area contributed by atoms with E-state index in [-0.39, 0.29) is 0 Å². The quantitative estimate of drug-likeness (QED) is 0.587. The highest BCUT2D eigenvalue weighted by Crippen LogP contribution is 2.15. The summed E-state index contributed by atoms with van der Waals surface area (Å²) in [7, 11) is 2.22. The Morgan fingerprint density at radius 3 is 2.17 bits per heavy atom. The average Bonchev–Trinajstić information content (AvgIpc) is 1.96. The predicted molar refractivity (Wildman–Crippen MR) is 53.4 cm³/mol. The van der Waals surface area contributed by atoms with Crippen LogP contribution in [0.4, 0.5) is 0 Å². The van der Waals surface area contributed by atoms with Crippen molar-refractivity contribution >= 4 is 0 Å². The van der Waals surface area contributed by atoms with Gasteiger partial charge in [-0.15, -0.1) is 0 Å². The summed E-state index contributed by atoms with van der Waals surface area (Å²) in [5.74, 6) is 0. The monoisotopic (exact) mass is 170 g/mol. The van der Waals surface area contributed by atoms with E-state index < -0.39 is 0 Å². The van der Waals surface area contributed by atoms with Gasteiger partial charge in [0.05, 0.1) is 0 Å². The predicted octanol–water partition coefficient (Wildman–Crippen LogP) is 1.42. The summed E-state index contributed by atoms with van der Waals surface area (Å²) in [4.78, 5) is 5.04. The number of piperazine rings is 1. The van der Waals surface area contributed by atoms with Crippen LogP contribution in [-0.4, -0.2) is 48.1 Å². The van der Waals surface area contributed by atoms with Crippen molar-refractivity contribution < 1.29 is 0 Å². The molecule has 0 spiro atoms. The molecule has 0 saturated carbocycles. The second kappa shape index (κ2) is 3.75. The van der Waals surface area contributed by atoms with Gasteiger partial charge in [0.1, 0.15) is 0 Å². The Labute approximate surface area is 76.5 Å². The molecule has 12 heavy (non-hydrogen) atoms. The fourth-order valence-electron chi connectivity index (χ4n) is 2.05. The van der Waals surface area contributed by atoms with Crippen molar-refractivity contribution in [2.24, 2.45) is 0 Å². The van der Waals surface area contributed by atoms with E-state index in [2.05, 4.69) is 44.5 Å². The third-order valence-electron chi connectivity index (χ3n) is 3.01. The highest BCUT2D eigenvalue weighted by atomic mass is 15.3. The van der Waals surface area contributed by atoms with Crippen molar-refractivity contribution in [2.75, 3.05) is 20.1 Å². The summed E-state index contributed by atoms with van der Waals surface area (Å²) in [5.41, 5.74) is 0. The molecule has 2 heteroatoms. The number of rotatable bonds is 1. The Hall–Kier alpha value is -0.0800. The molecule has 1 rings (SSSR count). The maximum absolute atomic E-state index is 2.59. The second-order valence-electron chi connectivity index (χ2n) is 4.43. The molecule has 0 aromatic heterocycles. The minimum absolute atomic E-state index is 0.691. The molecule has 0 bridgehead atoms. The van der Waals surface area contributed by atoms with E-state index in [0.717, 1.165) is 0 Å². The van der Waals surface area contributed by atoms with Crippen LogP contribution >= 0.6 is 0 Å². The molecule has 0 radical (unpaired) electrons. The average molecular weight is 170 g/mol. The second-order valence-corrected chi connectivity index (χ2v) is 4.43. The Morgan fingerprint density at radius 1 is 1.08 bits per heavy atom. The van der Waals surface area contributed by atoms with Gasteiger partial charge >= 0.3 is 0 Å². The minimum atomic E-state index is 0.691. The van der Waals surface area contributed by atoms with Crippen molar-refractivity contribution in [1.29, 1.82) is 0 Å². The molecule has 1 saturated heterocycles. The van der Waals surface area contributed by atoms with Crippen LogP contribution in [0, 0.1) is 0 Å². The molecule has 1 aliphatic rings. The van der Waals surface area contributed by atoms with Gasteiger partial charge in [-0.2, -0.15) is 0 Å². The normalized spacial score (nSPS) is 34.5. The van der Waals surface area contributed by atoms with E-state index in [1.54, 1.807) is 0 Å². The van der Waals surface area contributed by atoms with Gasteiger partial charge in [-0.25, -0.2) is 0 Å². The first kappa shape index (κ1) is 10.0. The third-order valence-corrected chi connectivity index (χ3v) is 3.01. The lowest BCUT2D eigenvalue weighted by Crippen LogP contribution is -2.56. The van der Waals surface area contributed by atoms with Gasteiger partial charge in [0.15, 0.2) is 0 Å². The minimum Gasteiger partial charge on any atom is -0.301 e. The molecule has 2 atom stereocenters. The van der Waals surface area contributed by atoms with E-state index in [1.165, 1.54) is 13.1 Å². The Balaban J connectivity index is 2.55. The smallest absolute Gasteiger partial charge is 0.0198 e. The van der Waals surface area contributed by atoms with E-state index in [0.29, 0.717) is 18.1 Å². The molecule has 1 fully saturated rings. The Kier molecular flexibility index (Phi) is 3.13. The van der Waals surface area contributed by atoms with Gasteiger partial charge in [0, 0.05) is 31.2 Å². The lowest BCUT2D eigenvalue weighted by Gasteiger charge is -2.44. The molecule has 1 heterocycles. The van der Waals surface area contributed by atoms with Gasteiger partial charge in [-0.3, -0.25) is 4.90 Å².